The quantitative estimate of drug-likeness (QED) is 0.517. The molecular formula is C24H36N2O5S. The number of aldehydes is 1. The second kappa shape index (κ2) is 10.2. The van der Waals surface area contributed by atoms with Gasteiger partial charge >= 0.3 is 0 Å². The average Bonchev–Trinajstić information content (AvgIpc) is 3.57. The first kappa shape index (κ1) is 23.7. The van der Waals surface area contributed by atoms with Gasteiger partial charge in [0.1, 0.15) is 12.4 Å². The largest absolute Gasteiger partial charge is 0.486 e. The molecule has 1 heterocycles. The van der Waals surface area contributed by atoms with Crippen LogP contribution in [-0.2, 0) is 19.6 Å². The third-order valence-electron chi connectivity index (χ3n) is 7.34. The van der Waals surface area contributed by atoms with Crippen molar-refractivity contribution < 1.29 is 22.7 Å². The zero-order chi connectivity index (χ0) is 22.6. The van der Waals surface area contributed by atoms with Gasteiger partial charge in [-0.1, -0.05) is 18.2 Å². The van der Waals surface area contributed by atoms with E-state index >= 15 is 0 Å². The van der Waals surface area contributed by atoms with Crippen molar-refractivity contribution in [1.82, 2.24) is 10.0 Å². The van der Waals surface area contributed by atoms with Gasteiger partial charge in [-0.25, -0.2) is 13.1 Å². The standard InChI is InChI=1S/C24H36N2O5S/c1-24(12-13-24)32(28,29)26-21-6-4-14-25-22(21)17-31-19-10-8-18(9-11-19)20-5-2-3-7-23(20)30-16-15-27/h2-3,5,7,15,18-19,21-22,25-26H,4,6,8-14,16-17H2,1H3/t18?,19?,21-,22-/m0/s1. The molecule has 32 heavy (non-hydrogen) atoms. The molecule has 8 heteroatoms. The number of sulfonamides is 1. The summed E-state index contributed by atoms with van der Waals surface area (Å²) in [6.45, 7) is 3.33. The van der Waals surface area contributed by atoms with E-state index in [-0.39, 0.29) is 24.8 Å². The fourth-order valence-corrected chi connectivity index (χ4v) is 6.51. The molecule has 2 saturated carbocycles. The first-order valence-electron chi connectivity index (χ1n) is 11.9. The number of carbonyl (C=O) groups is 1. The summed E-state index contributed by atoms with van der Waals surface area (Å²) in [4.78, 5) is 10.7. The molecule has 0 spiro atoms. The van der Waals surface area contributed by atoms with Crippen LogP contribution in [0.3, 0.4) is 0 Å². The van der Waals surface area contributed by atoms with Gasteiger partial charge in [-0.2, -0.15) is 0 Å². The number of hydrogen-bond donors (Lipinski definition) is 2. The molecule has 1 aromatic carbocycles. The van der Waals surface area contributed by atoms with Crippen LogP contribution in [0.1, 0.15) is 69.8 Å². The van der Waals surface area contributed by atoms with E-state index in [9.17, 15) is 13.2 Å². The Kier molecular flexibility index (Phi) is 7.54. The van der Waals surface area contributed by atoms with E-state index in [1.807, 2.05) is 25.1 Å². The lowest BCUT2D eigenvalue weighted by atomic mass is 9.82. The summed E-state index contributed by atoms with van der Waals surface area (Å²) in [7, 11) is -3.29. The van der Waals surface area contributed by atoms with Crippen LogP contribution in [0.15, 0.2) is 24.3 Å². The van der Waals surface area contributed by atoms with Crippen molar-refractivity contribution in [2.45, 2.75) is 87.1 Å². The molecule has 0 bridgehead atoms. The van der Waals surface area contributed by atoms with Gasteiger partial charge in [0.2, 0.25) is 10.0 Å². The predicted octanol–water partition coefficient (Wildman–Crippen LogP) is 2.90. The van der Waals surface area contributed by atoms with Crippen LogP contribution in [0.2, 0.25) is 0 Å². The second-order valence-corrected chi connectivity index (χ2v) is 11.9. The third kappa shape index (κ3) is 5.53. The second-order valence-electron chi connectivity index (χ2n) is 9.70. The fraction of sp³-hybridized carbons (Fsp3) is 0.708. The number of nitrogens with one attached hydrogen (secondary N) is 2. The van der Waals surface area contributed by atoms with Crippen LogP contribution < -0.4 is 14.8 Å². The molecule has 0 unspecified atom stereocenters. The van der Waals surface area contributed by atoms with E-state index in [1.54, 1.807) is 0 Å². The van der Waals surface area contributed by atoms with Crippen LogP contribution in [-0.4, -0.2) is 57.4 Å². The molecule has 7 nitrogen and oxygen atoms in total. The number of ether oxygens (including phenoxy) is 2. The number of carbonyl (C=O) groups excluding carboxylic acids is 1. The highest BCUT2D eigenvalue weighted by molar-refractivity contribution is 7.91. The highest BCUT2D eigenvalue weighted by Gasteiger charge is 2.51. The molecule has 178 valence electrons. The maximum Gasteiger partial charge on any atom is 0.217 e. The predicted molar refractivity (Wildman–Crippen MR) is 123 cm³/mol. The molecule has 0 aromatic heterocycles. The monoisotopic (exact) mass is 464 g/mol. The van der Waals surface area contributed by atoms with Gasteiger partial charge < -0.3 is 14.8 Å². The maximum atomic E-state index is 12.7. The summed E-state index contributed by atoms with van der Waals surface area (Å²) < 4.78 is 39.7. The molecule has 2 N–H and O–H groups in total. The number of para-hydroxylation sites is 1. The smallest absolute Gasteiger partial charge is 0.217 e. The molecule has 1 aromatic rings. The van der Waals surface area contributed by atoms with E-state index in [2.05, 4.69) is 16.1 Å². The summed E-state index contributed by atoms with van der Waals surface area (Å²) in [5.41, 5.74) is 1.17. The van der Waals surface area contributed by atoms with Crippen LogP contribution in [0, 0.1) is 0 Å². The van der Waals surface area contributed by atoms with Crippen molar-refractivity contribution >= 4 is 16.3 Å². The Balaban J connectivity index is 1.27. The summed E-state index contributed by atoms with van der Waals surface area (Å²) in [6.07, 6.45) is 8.23. The van der Waals surface area contributed by atoms with Crippen LogP contribution >= 0.6 is 0 Å². The Bertz CT molecular complexity index is 878. The Morgan fingerprint density at radius 3 is 2.62 bits per heavy atom. The molecule has 1 saturated heterocycles. The van der Waals surface area contributed by atoms with Gasteiger partial charge in [-0.3, -0.25) is 4.79 Å². The Hall–Kier alpha value is -1.48. The van der Waals surface area contributed by atoms with Gasteiger partial charge in [0, 0.05) is 12.1 Å². The van der Waals surface area contributed by atoms with Gasteiger partial charge in [0.15, 0.2) is 6.29 Å². The Labute approximate surface area is 191 Å². The van der Waals surface area contributed by atoms with E-state index < -0.39 is 14.8 Å². The molecule has 3 aliphatic rings. The number of benzene rings is 1. The lowest BCUT2D eigenvalue weighted by Crippen LogP contribution is -2.57. The molecule has 2 aliphatic carbocycles. The molecule has 2 atom stereocenters. The molecule has 3 fully saturated rings. The van der Waals surface area contributed by atoms with Crippen molar-refractivity contribution in [2.75, 3.05) is 19.8 Å². The topological polar surface area (TPSA) is 93.7 Å². The van der Waals surface area contributed by atoms with Crippen molar-refractivity contribution in [3.05, 3.63) is 29.8 Å². The van der Waals surface area contributed by atoms with Gasteiger partial charge in [-0.15, -0.1) is 0 Å². The lowest BCUT2D eigenvalue weighted by molar-refractivity contribution is -0.109. The highest BCUT2D eigenvalue weighted by Crippen LogP contribution is 2.42. The van der Waals surface area contributed by atoms with Crippen molar-refractivity contribution in [3.8, 4) is 5.75 Å². The molecule has 1 aliphatic heterocycles. The molecule has 0 radical (unpaired) electrons. The average molecular weight is 465 g/mol. The minimum absolute atomic E-state index is 0.0102. The van der Waals surface area contributed by atoms with Crippen LogP contribution in [0.4, 0.5) is 0 Å². The zero-order valence-corrected chi connectivity index (χ0v) is 19.7. The number of hydrogen-bond acceptors (Lipinski definition) is 6. The minimum Gasteiger partial charge on any atom is -0.486 e. The summed E-state index contributed by atoms with van der Waals surface area (Å²) in [5, 5.41) is 3.47. The third-order valence-corrected chi connectivity index (χ3v) is 9.66. The van der Waals surface area contributed by atoms with Crippen molar-refractivity contribution in [2.24, 2.45) is 0 Å². The SMILES string of the molecule is CC1(S(=O)(=O)N[C@H]2CCCN[C@H]2COC2CCC(c3ccccc3OCC=O)CC2)CC1. The first-order chi connectivity index (χ1) is 15.4. The molecule has 0 amide bonds. The maximum absolute atomic E-state index is 12.7. The van der Waals surface area contributed by atoms with Gasteiger partial charge in [-0.05, 0) is 82.4 Å². The fourth-order valence-electron chi connectivity index (χ4n) is 4.91. The van der Waals surface area contributed by atoms with Crippen molar-refractivity contribution in [3.63, 3.8) is 0 Å². The number of rotatable bonds is 10. The highest BCUT2D eigenvalue weighted by atomic mass is 32.2. The summed E-state index contributed by atoms with van der Waals surface area (Å²) >= 11 is 0. The Morgan fingerprint density at radius 1 is 1.16 bits per heavy atom. The minimum atomic E-state index is -3.29. The Morgan fingerprint density at radius 2 is 1.91 bits per heavy atom. The van der Waals surface area contributed by atoms with E-state index in [4.69, 9.17) is 9.47 Å². The van der Waals surface area contributed by atoms with E-state index in [0.717, 1.165) is 69.9 Å². The normalized spacial score (nSPS) is 29.9. The van der Waals surface area contributed by atoms with E-state index in [0.29, 0.717) is 12.5 Å². The van der Waals surface area contributed by atoms with Gasteiger partial charge in [0.05, 0.1) is 17.5 Å². The lowest BCUT2D eigenvalue weighted by Gasteiger charge is -2.36. The van der Waals surface area contributed by atoms with Gasteiger partial charge in [0.25, 0.3) is 0 Å². The summed E-state index contributed by atoms with van der Waals surface area (Å²) in [6, 6.07) is 7.88. The van der Waals surface area contributed by atoms with Crippen LogP contribution in [0.25, 0.3) is 0 Å². The first-order valence-corrected chi connectivity index (χ1v) is 13.4. The van der Waals surface area contributed by atoms with Crippen molar-refractivity contribution in [1.29, 1.82) is 0 Å². The molecule has 4 rings (SSSR count). The number of piperidine rings is 1. The van der Waals surface area contributed by atoms with Crippen LogP contribution in [0.5, 0.6) is 5.75 Å². The molecular weight excluding hydrogens is 428 g/mol. The van der Waals surface area contributed by atoms with E-state index in [1.165, 1.54) is 5.56 Å². The zero-order valence-electron chi connectivity index (χ0n) is 18.9. The summed E-state index contributed by atoms with van der Waals surface area (Å²) in [5.74, 6) is 1.21.